The number of aromatic nitrogens is 3. The van der Waals surface area contributed by atoms with Crippen molar-refractivity contribution in [1.29, 1.82) is 0 Å². The third-order valence-corrected chi connectivity index (χ3v) is 20.2. The Bertz CT molecular complexity index is 2720. The Labute approximate surface area is 629 Å². The van der Waals surface area contributed by atoms with Crippen LogP contribution in [0.5, 0.6) is 0 Å². The minimum atomic E-state index is -2.25. The minimum Gasteiger partial charge on any atom is -0.629 e. The van der Waals surface area contributed by atoms with E-state index >= 15 is 0 Å². The number of hydrogen-bond acceptors (Lipinski definition) is 37. The number of carbonyl (C=O) groups excluding carboxylic acids is 3. The van der Waals surface area contributed by atoms with Crippen LogP contribution in [0.1, 0.15) is 45.2 Å². The van der Waals surface area contributed by atoms with Gasteiger partial charge < -0.3 is 180 Å². The number of aliphatic hydroxyl groups excluding tert-OH is 17. The summed E-state index contributed by atoms with van der Waals surface area (Å²) in [6.07, 6.45) is -49.8. The number of aliphatic hydroxyl groups is 17. The topological polar surface area (TPSA) is 617 Å². The predicted octanol–water partition coefficient (Wildman–Crippen LogP) is -11.9. The van der Waals surface area contributed by atoms with Crippen LogP contribution in [0, 0.1) is 44.1 Å². The van der Waals surface area contributed by atoms with Gasteiger partial charge in [-0.15, -0.1) is 5.10 Å². The molecule has 8 aliphatic heterocycles. The molecule has 8 saturated heterocycles. The molecule has 1 aromatic heterocycles. The summed E-state index contributed by atoms with van der Waals surface area (Å²) in [5, 5.41) is 210. The standard InChI is InChI=1S/C59H99N8O34S.Ac/c1-23-36(75)40(79)45(84)55(91-23)101-52-41(80)37(76)27(17-68)95-58(52)99-50-35(62-24(2)73)54(93-28(18-69)38(50)77)100-51-39(78)29(19-70)94-57(47(51)86)98-49-31(21-72)96-56(46(85)43(49)82)97-48-30(20-71)92-53(44(83)42(48)81)61-15-25-16-67(66-65-25)8-10-89-12-14-90-13-11-88-9-7-60-33(74)6-4-3-5-32-34-26(22-102-32)63-59(87)64-34;/h16,23,26-32,34-58,68-72,75-86H,3-15,17-22H2,1-2H3,(H,60,74)(H,62,73)(H2,63,64,87);/q-1;/t23?,26-,27?,28?,29?,30?,31?,32-,34-,35?,36?,37?,38?,39?,40?,41?,42?,43?,44?,45?,46?,47?,48?,49?,50?,51?,52?,53?,54?,55?,56?,57?,58?;/m1./s1. The fraction of sp³-hybridized carbons (Fsp3) is 0.915. The molecule has 9 rings (SSSR count). The van der Waals surface area contributed by atoms with Gasteiger partial charge in [0.2, 0.25) is 11.8 Å². The fourth-order valence-corrected chi connectivity index (χ4v) is 14.6. The van der Waals surface area contributed by atoms with Crippen molar-refractivity contribution in [2.45, 2.75) is 254 Å². The number of fused-ring (bicyclic) bond motifs is 1. The van der Waals surface area contributed by atoms with Gasteiger partial charge in [0.1, 0.15) is 134 Å². The summed E-state index contributed by atoms with van der Waals surface area (Å²) in [6, 6.07) is -1.59. The summed E-state index contributed by atoms with van der Waals surface area (Å²) >= 11 is 1.85. The Kier molecular flexibility index (Phi) is 34.6. The molecule has 21 N–H and O–H groups in total. The molecule has 33 atom stereocenters. The molecule has 0 saturated carbocycles. The molecule has 103 heavy (non-hydrogen) atoms. The number of nitrogens with one attached hydrogen (secondary N) is 4. The van der Waals surface area contributed by atoms with Crippen LogP contribution in [0.3, 0.4) is 0 Å². The zero-order valence-electron chi connectivity index (χ0n) is 56.4. The molecule has 30 unspecified atom stereocenters. The first-order chi connectivity index (χ1) is 48.9. The van der Waals surface area contributed by atoms with Crippen LogP contribution in [0.2, 0.25) is 0 Å². The van der Waals surface area contributed by atoms with Crippen LogP contribution < -0.4 is 21.3 Å². The molecule has 0 aromatic carbocycles. The molecule has 8 aliphatic rings. The summed E-state index contributed by atoms with van der Waals surface area (Å²) in [6.45, 7) is -0.361. The maximum Gasteiger partial charge on any atom is 0.315 e. The first-order valence-corrected chi connectivity index (χ1v) is 34.9. The predicted molar refractivity (Wildman–Crippen MR) is 334 cm³/mol. The second kappa shape index (κ2) is 41.2. The number of carbonyl (C=O) groups is 3. The molecule has 0 bridgehead atoms. The van der Waals surface area contributed by atoms with E-state index in [1.165, 1.54) is 11.6 Å². The summed E-state index contributed by atoms with van der Waals surface area (Å²) in [5.74, 6) is -0.0143. The second-order valence-electron chi connectivity index (χ2n) is 25.8. The van der Waals surface area contributed by atoms with Crippen molar-refractivity contribution < 1.29 is 212 Å². The summed E-state index contributed by atoms with van der Waals surface area (Å²) in [4.78, 5) is 36.7. The van der Waals surface area contributed by atoms with Crippen LogP contribution in [-0.2, 0) is 89.0 Å². The summed E-state index contributed by atoms with van der Waals surface area (Å²) in [5.41, 5.74) is 0.323. The number of urea groups is 1. The molecule has 589 valence electrons. The largest absolute Gasteiger partial charge is 0.629 e. The quantitative estimate of drug-likeness (QED) is 0.0219. The van der Waals surface area contributed by atoms with Gasteiger partial charge in [-0.2, -0.15) is 11.8 Å². The Morgan fingerprint density at radius 2 is 1.10 bits per heavy atom. The van der Waals surface area contributed by atoms with E-state index in [1.54, 1.807) is 6.20 Å². The summed E-state index contributed by atoms with van der Waals surface area (Å²) < 4.78 is 82.4. The molecule has 44 heteroatoms. The van der Waals surface area contributed by atoms with Crippen LogP contribution in [0.25, 0.3) is 5.32 Å². The van der Waals surface area contributed by atoms with Crippen molar-refractivity contribution in [1.82, 2.24) is 36.3 Å². The Hall–Kier alpha value is -2.14. The summed E-state index contributed by atoms with van der Waals surface area (Å²) in [7, 11) is 0. The Morgan fingerprint density at radius 1 is 0.573 bits per heavy atom. The first-order valence-electron chi connectivity index (χ1n) is 33.8. The fourth-order valence-electron chi connectivity index (χ4n) is 13.0. The molecule has 4 amide bonds. The number of unbranched alkanes of at least 4 members (excludes halogenated alkanes) is 1. The van der Waals surface area contributed by atoms with Crippen LogP contribution in [0.15, 0.2) is 6.20 Å². The van der Waals surface area contributed by atoms with E-state index in [-0.39, 0.29) is 87.8 Å². The molecule has 42 nitrogen and oxygen atoms in total. The molecule has 0 spiro atoms. The van der Waals surface area contributed by atoms with Crippen molar-refractivity contribution in [2.24, 2.45) is 0 Å². The van der Waals surface area contributed by atoms with Gasteiger partial charge in [-0.25, -0.2) is 4.79 Å². The third kappa shape index (κ3) is 21.9. The van der Waals surface area contributed by atoms with Gasteiger partial charge in [0.15, 0.2) is 31.5 Å². The van der Waals surface area contributed by atoms with E-state index in [9.17, 15) is 101 Å². The van der Waals surface area contributed by atoms with Crippen molar-refractivity contribution in [3.8, 4) is 0 Å². The van der Waals surface area contributed by atoms with E-state index in [4.69, 9.17) is 66.3 Å². The number of nitrogens with zero attached hydrogens (tertiary/aromatic N) is 4. The van der Waals surface area contributed by atoms with Crippen LogP contribution in [0.4, 0.5) is 4.79 Å². The van der Waals surface area contributed by atoms with E-state index in [1.807, 2.05) is 11.8 Å². The second-order valence-corrected chi connectivity index (χ2v) is 27.1. The minimum absolute atomic E-state index is 0. The normalized spacial score (nSPS) is 42.0. The average molecular weight is 1720 g/mol. The Balaban J connectivity index is 0.0000134. The van der Waals surface area contributed by atoms with Crippen molar-refractivity contribution in [2.75, 3.05) is 85.0 Å². The number of thioether (sulfide) groups is 1. The monoisotopic (exact) mass is 1720 g/mol. The maximum atomic E-state index is 12.9. The molecule has 1 radical (unpaired) electrons. The van der Waals surface area contributed by atoms with Crippen molar-refractivity contribution in [3.05, 3.63) is 17.2 Å². The van der Waals surface area contributed by atoms with Gasteiger partial charge in [0.25, 0.3) is 0 Å². The molecule has 1 aromatic rings. The van der Waals surface area contributed by atoms with Gasteiger partial charge in [0.05, 0.1) is 109 Å². The van der Waals surface area contributed by atoms with E-state index < -0.39 is 223 Å². The van der Waals surface area contributed by atoms with Crippen LogP contribution >= 0.6 is 11.8 Å². The van der Waals surface area contributed by atoms with E-state index in [0.29, 0.717) is 56.9 Å². The molecule has 0 aliphatic carbocycles. The van der Waals surface area contributed by atoms with E-state index in [2.05, 4.69) is 36.9 Å². The zero-order valence-corrected chi connectivity index (χ0v) is 61.9. The van der Waals surface area contributed by atoms with Gasteiger partial charge in [-0.05, 0) is 26.0 Å². The average Bonchev–Trinajstić information content (AvgIpc) is 1.58. The number of amides is 4. The Morgan fingerprint density at radius 3 is 1.76 bits per heavy atom. The molecule has 8 fully saturated rings. The van der Waals surface area contributed by atoms with E-state index in [0.717, 1.165) is 31.9 Å². The number of rotatable bonds is 36. The molecular weight excluding hydrogens is 1620 g/mol. The van der Waals surface area contributed by atoms with Gasteiger partial charge in [0, 0.05) is 81.2 Å². The van der Waals surface area contributed by atoms with Gasteiger partial charge in [-0.3, -0.25) is 14.3 Å². The molecular formula is C59H99AcN8O34S-. The smallest absolute Gasteiger partial charge is 0.315 e. The third-order valence-electron chi connectivity index (χ3n) is 18.7. The van der Waals surface area contributed by atoms with Crippen LogP contribution in [-0.4, -0.2) is 406 Å². The number of hydrogen-bond donors (Lipinski definition) is 21. The number of ether oxygens (including phenoxy) is 14. The van der Waals surface area contributed by atoms with Crippen molar-refractivity contribution in [3.63, 3.8) is 0 Å². The van der Waals surface area contributed by atoms with Gasteiger partial charge >= 0.3 is 6.03 Å². The van der Waals surface area contributed by atoms with Gasteiger partial charge in [-0.1, -0.05) is 18.2 Å². The first kappa shape index (κ1) is 86.5. The SMILES string of the molecule is CC(=O)NC1C(OC2C(O)C(CO)OC(OC3C(CO)OC(OC4C(CO)OC([N-]Cc5cn(CCOCCOCCOCCNC(=O)CCCC[C@H]6SC[C@H]7NC(=O)N[C@H]76)nn5)C(O)C4O)C(O)C3O)C2O)OC(CO)C(O)C1OC1OC(CO)C(O)C(O)C1OC1OC(C)C(O)C(O)C1O.[Ac]. The zero-order chi connectivity index (χ0) is 73.6. The van der Waals surface area contributed by atoms with Crippen molar-refractivity contribution >= 4 is 29.6 Å². The maximum absolute atomic E-state index is 12.9. The molecule has 9 heterocycles.